The Morgan fingerprint density at radius 1 is 1.38 bits per heavy atom. The summed E-state index contributed by atoms with van der Waals surface area (Å²) in [6.07, 6.45) is 6.44. The van der Waals surface area contributed by atoms with E-state index in [1.54, 1.807) is 0 Å². The average Bonchev–Trinajstić information content (AvgIpc) is 3.13. The fraction of sp³-hybridized carbons (Fsp3) is 0.765. The van der Waals surface area contributed by atoms with E-state index in [-0.39, 0.29) is 5.91 Å². The molecule has 1 N–H and O–H groups in total. The summed E-state index contributed by atoms with van der Waals surface area (Å²) in [6.45, 7) is 7.01. The van der Waals surface area contributed by atoms with Gasteiger partial charge in [0.15, 0.2) is 0 Å². The van der Waals surface area contributed by atoms with Crippen LogP contribution in [0.4, 0.5) is 0 Å². The summed E-state index contributed by atoms with van der Waals surface area (Å²) < 4.78 is 1.84. The Bertz CT molecular complexity index is 520. The molecule has 1 aromatic rings. The number of carbonyl (C=O) groups is 1. The maximum absolute atomic E-state index is 12.6. The topological polar surface area (TPSA) is 46.9 Å². The zero-order valence-corrected chi connectivity index (χ0v) is 13.4. The van der Waals surface area contributed by atoms with E-state index in [1.165, 1.54) is 25.7 Å². The van der Waals surface area contributed by atoms with Crippen molar-refractivity contribution in [2.24, 2.45) is 11.8 Å². The predicted molar refractivity (Wildman–Crippen MR) is 83.3 cm³/mol. The van der Waals surface area contributed by atoms with Gasteiger partial charge in [-0.2, -0.15) is 5.10 Å². The van der Waals surface area contributed by atoms with Crippen molar-refractivity contribution in [3.05, 3.63) is 17.5 Å². The van der Waals surface area contributed by atoms with Gasteiger partial charge in [0, 0.05) is 12.6 Å². The molecule has 2 fully saturated rings. The van der Waals surface area contributed by atoms with Crippen LogP contribution in [-0.2, 0) is 6.54 Å². The lowest BCUT2D eigenvalue weighted by atomic mass is 9.97. The molecule has 0 saturated heterocycles. The highest BCUT2D eigenvalue weighted by Crippen LogP contribution is 2.44. The predicted octanol–water partition coefficient (Wildman–Crippen LogP) is 3.33. The van der Waals surface area contributed by atoms with Gasteiger partial charge in [0.25, 0.3) is 5.91 Å². The molecule has 2 aliphatic rings. The Kier molecular flexibility index (Phi) is 4.05. The third-order valence-corrected chi connectivity index (χ3v) is 5.32. The maximum Gasteiger partial charge on any atom is 0.269 e. The van der Waals surface area contributed by atoms with E-state index in [2.05, 4.69) is 24.3 Å². The van der Waals surface area contributed by atoms with Crippen LogP contribution in [0, 0.1) is 11.8 Å². The van der Waals surface area contributed by atoms with E-state index < -0.39 is 0 Å². The molecule has 4 nitrogen and oxygen atoms in total. The Hall–Kier alpha value is -1.32. The molecule has 1 amide bonds. The normalized spacial score (nSPS) is 28.1. The summed E-state index contributed by atoms with van der Waals surface area (Å²) in [4.78, 5) is 12.6. The third-order valence-electron chi connectivity index (χ3n) is 5.32. The van der Waals surface area contributed by atoms with Gasteiger partial charge in [-0.05, 0) is 50.0 Å². The van der Waals surface area contributed by atoms with Crippen molar-refractivity contribution in [1.29, 1.82) is 0 Å². The SMILES string of the molecule is CCn1nc(C(C)C)cc1C(=O)N[C@@H]1CC[C@H]2CCC[C@H]21. The second-order valence-corrected chi connectivity index (χ2v) is 6.94. The van der Waals surface area contributed by atoms with Gasteiger partial charge in [-0.15, -0.1) is 0 Å². The first-order valence-corrected chi connectivity index (χ1v) is 8.48. The molecule has 0 spiro atoms. The van der Waals surface area contributed by atoms with Crippen LogP contribution in [0.3, 0.4) is 0 Å². The minimum absolute atomic E-state index is 0.0637. The number of hydrogen-bond acceptors (Lipinski definition) is 2. The number of aryl methyl sites for hydroxylation is 1. The molecule has 1 aromatic heterocycles. The van der Waals surface area contributed by atoms with Gasteiger partial charge in [-0.1, -0.05) is 26.7 Å². The van der Waals surface area contributed by atoms with Gasteiger partial charge in [-0.3, -0.25) is 9.48 Å². The third kappa shape index (κ3) is 2.72. The fourth-order valence-electron chi connectivity index (χ4n) is 4.13. The van der Waals surface area contributed by atoms with Crippen LogP contribution in [0.1, 0.15) is 75.0 Å². The Morgan fingerprint density at radius 3 is 2.90 bits per heavy atom. The molecule has 116 valence electrons. The second-order valence-electron chi connectivity index (χ2n) is 6.94. The molecule has 21 heavy (non-hydrogen) atoms. The lowest BCUT2D eigenvalue weighted by Crippen LogP contribution is -2.38. The fourth-order valence-corrected chi connectivity index (χ4v) is 4.13. The average molecular weight is 289 g/mol. The van der Waals surface area contributed by atoms with Crippen LogP contribution in [0.25, 0.3) is 0 Å². The van der Waals surface area contributed by atoms with Crippen molar-refractivity contribution in [3.8, 4) is 0 Å². The molecule has 0 aromatic carbocycles. The summed E-state index contributed by atoms with van der Waals surface area (Å²) in [5, 5.41) is 7.84. The van der Waals surface area contributed by atoms with Crippen molar-refractivity contribution in [2.45, 2.75) is 71.4 Å². The summed E-state index contributed by atoms with van der Waals surface area (Å²) in [6, 6.07) is 2.35. The van der Waals surface area contributed by atoms with Gasteiger partial charge in [0.05, 0.1) is 5.69 Å². The first-order chi connectivity index (χ1) is 10.1. The quantitative estimate of drug-likeness (QED) is 0.924. The van der Waals surface area contributed by atoms with E-state index >= 15 is 0 Å². The zero-order valence-electron chi connectivity index (χ0n) is 13.4. The summed E-state index contributed by atoms with van der Waals surface area (Å²) >= 11 is 0. The standard InChI is InChI=1S/C17H27N3O/c1-4-20-16(10-15(19-20)11(2)3)17(21)18-14-9-8-12-6-5-7-13(12)14/h10-14H,4-9H2,1-3H3,(H,18,21)/t12-,13-,14-/m1/s1. The molecule has 2 aliphatic carbocycles. The Morgan fingerprint density at radius 2 is 2.19 bits per heavy atom. The molecular weight excluding hydrogens is 262 g/mol. The smallest absolute Gasteiger partial charge is 0.269 e. The maximum atomic E-state index is 12.6. The highest BCUT2D eigenvalue weighted by atomic mass is 16.2. The van der Waals surface area contributed by atoms with Crippen LogP contribution < -0.4 is 5.32 Å². The molecule has 2 saturated carbocycles. The summed E-state index contributed by atoms with van der Waals surface area (Å²) in [5.74, 6) is 2.00. The van der Waals surface area contributed by atoms with Crippen LogP contribution in [0.15, 0.2) is 6.07 Å². The lowest BCUT2D eigenvalue weighted by Gasteiger charge is -2.20. The van der Waals surface area contributed by atoms with Crippen LogP contribution in [0.2, 0.25) is 0 Å². The molecule has 0 unspecified atom stereocenters. The van der Waals surface area contributed by atoms with E-state index in [0.29, 0.717) is 12.0 Å². The highest BCUT2D eigenvalue weighted by Gasteiger charge is 2.39. The number of nitrogens with zero attached hydrogens (tertiary/aromatic N) is 2. The van der Waals surface area contributed by atoms with Gasteiger partial charge >= 0.3 is 0 Å². The first-order valence-electron chi connectivity index (χ1n) is 8.48. The number of nitrogens with one attached hydrogen (secondary N) is 1. The van der Waals surface area contributed by atoms with Gasteiger partial charge in [0.2, 0.25) is 0 Å². The van der Waals surface area contributed by atoms with E-state index in [4.69, 9.17) is 0 Å². The summed E-state index contributed by atoms with van der Waals surface area (Å²) in [5.41, 5.74) is 1.73. The van der Waals surface area contributed by atoms with E-state index in [0.717, 1.165) is 36.2 Å². The van der Waals surface area contributed by atoms with Crippen molar-refractivity contribution in [3.63, 3.8) is 0 Å². The number of fused-ring (bicyclic) bond motifs is 1. The number of carbonyl (C=O) groups excluding carboxylic acids is 1. The molecule has 0 aliphatic heterocycles. The Balaban J connectivity index is 1.73. The Labute approximate surface area is 127 Å². The molecule has 3 atom stereocenters. The number of amides is 1. The van der Waals surface area contributed by atoms with Crippen LogP contribution >= 0.6 is 0 Å². The second kappa shape index (κ2) is 5.82. The largest absolute Gasteiger partial charge is 0.348 e. The molecule has 3 rings (SSSR count). The zero-order chi connectivity index (χ0) is 15.0. The number of rotatable bonds is 4. The van der Waals surface area contributed by atoms with Crippen LogP contribution in [0.5, 0.6) is 0 Å². The minimum Gasteiger partial charge on any atom is -0.348 e. The highest BCUT2D eigenvalue weighted by molar-refractivity contribution is 5.93. The minimum atomic E-state index is 0.0637. The molecule has 1 heterocycles. The number of hydrogen-bond donors (Lipinski definition) is 1. The molecule has 0 bridgehead atoms. The molecular formula is C17H27N3O. The van der Waals surface area contributed by atoms with Gasteiger partial charge in [0.1, 0.15) is 5.69 Å². The van der Waals surface area contributed by atoms with Crippen LogP contribution in [-0.4, -0.2) is 21.7 Å². The van der Waals surface area contributed by atoms with E-state index in [9.17, 15) is 4.79 Å². The van der Waals surface area contributed by atoms with Crippen molar-refractivity contribution < 1.29 is 4.79 Å². The summed E-state index contributed by atoms with van der Waals surface area (Å²) in [7, 11) is 0. The lowest BCUT2D eigenvalue weighted by molar-refractivity contribution is 0.0915. The van der Waals surface area contributed by atoms with Crippen molar-refractivity contribution in [2.75, 3.05) is 0 Å². The monoisotopic (exact) mass is 289 g/mol. The molecule has 0 radical (unpaired) electrons. The van der Waals surface area contributed by atoms with E-state index in [1.807, 2.05) is 17.7 Å². The number of aromatic nitrogens is 2. The van der Waals surface area contributed by atoms with Gasteiger partial charge in [-0.25, -0.2) is 0 Å². The first kappa shape index (κ1) is 14.6. The van der Waals surface area contributed by atoms with Crippen molar-refractivity contribution in [1.82, 2.24) is 15.1 Å². The molecule has 4 heteroatoms. The van der Waals surface area contributed by atoms with Crippen molar-refractivity contribution >= 4 is 5.91 Å². The van der Waals surface area contributed by atoms with Gasteiger partial charge < -0.3 is 5.32 Å².